The predicted molar refractivity (Wildman–Crippen MR) is 109 cm³/mol. The number of nitrogens with one attached hydrogen (secondary N) is 1. The minimum absolute atomic E-state index is 0.959. The second-order valence-corrected chi connectivity index (χ2v) is 7.06. The molecule has 2 aromatic carbocycles. The number of para-hydroxylation sites is 2. The molecule has 5 nitrogen and oxygen atoms in total. The van der Waals surface area contributed by atoms with Crippen molar-refractivity contribution in [3.05, 3.63) is 72.1 Å². The van der Waals surface area contributed by atoms with Gasteiger partial charge in [0.15, 0.2) is 11.5 Å². The van der Waals surface area contributed by atoms with Gasteiger partial charge in [0, 0.05) is 38.1 Å². The van der Waals surface area contributed by atoms with E-state index in [1.807, 2.05) is 6.20 Å². The third kappa shape index (κ3) is 3.04. The summed E-state index contributed by atoms with van der Waals surface area (Å²) in [6.45, 7) is 3.91. The highest BCUT2D eigenvalue weighted by Gasteiger charge is 2.19. The van der Waals surface area contributed by atoms with Gasteiger partial charge in [-0.05, 0) is 30.5 Å². The van der Waals surface area contributed by atoms with Gasteiger partial charge < -0.3 is 10.2 Å². The molecule has 5 heteroatoms. The molecule has 0 spiro atoms. The highest BCUT2D eigenvalue weighted by Crippen LogP contribution is 2.26. The van der Waals surface area contributed by atoms with E-state index in [1.165, 1.54) is 11.3 Å². The van der Waals surface area contributed by atoms with E-state index >= 15 is 0 Å². The lowest BCUT2D eigenvalue weighted by molar-refractivity contribution is 0.586. The number of anilines is 1. The third-order valence-corrected chi connectivity index (χ3v) is 5.31. The largest absolute Gasteiger partial charge is 0.351 e. The van der Waals surface area contributed by atoms with Crippen LogP contribution in [-0.2, 0) is 12.8 Å². The first-order valence-electron chi connectivity index (χ1n) is 9.65. The summed E-state index contributed by atoms with van der Waals surface area (Å²) in [5.74, 6) is 1.00. The number of rotatable bonds is 4. The van der Waals surface area contributed by atoms with Crippen LogP contribution in [0.25, 0.3) is 16.7 Å². The fourth-order valence-electron chi connectivity index (χ4n) is 3.91. The first kappa shape index (κ1) is 16.3. The Morgan fingerprint density at radius 2 is 1.67 bits per heavy atom. The molecule has 0 radical (unpaired) electrons. The Kier molecular flexibility index (Phi) is 4.22. The number of fused-ring (bicyclic) bond motifs is 3. The molecule has 0 atom stereocenters. The van der Waals surface area contributed by atoms with Crippen LogP contribution in [0.2, 0.25) is 0 Å². The number of aromatic nitrogens is 3. The van der Waals surface area contributed by atoms with Crippen molar-refractivity contribution < 1.29 is 0 Å². The molecule has 136 valence electrons. The minimum Gasteiger partial charge on any atom is -0.351 e. The molecule has 27 heavy (non-hydrogen) atoms. The molecule has 4 aromatic rings. The van der Waals surface area contributed by atoms with Gasteiger partial charge >= 0.3 is 0 Å². The molecule has 1 aliphatic heterocycles. The van der Waals surface area contributed by atoms with Crippen molar-refractivity contribution in [2.24, 2.45) is 0 Å². The maximum absolute atomic E-state index is 4.97. The molecule has 1 aliphatic rings. The van der Waals surface area contributed by atoms with Gasteiger partial charge in [-0.15, -0.1) is 0 Å². The Bertz CT molecular complexity index is 1060. The Balaban J connectivity index is 1.61. The van der Waals surface area contributed by atoms with Crippen molar-refractivity contribution in [3.8, 4) is 0 Å². The fourth-order valence-corrected chi connectivity index (χ4v) is 3.91. The summed E-state index contributed by atoms with van der Waals surface area (Å²) >= 11 is 0. The standard InChI is InChI=1S/C22H23N5/c1-2-6-17(7-3-1)10-11-18-16-24-21-22(26-14-12-23-13-15-26)25-19-8-4-5-9-20(19)27(18)21/h1-9,16,23H,10-15H2. The van der Waals surface area contributed by atoms with Gasteiger partial charge in [-0.3, -0.25) is 4.40 Å². The monoisotopic (exact) mass is 357 g/mol. The van der Waals surface area contributed by atoms with Gasteiger partial charge in [0.05, 0.1) is 11.0 Å². The van der Waals surface area contributed by atoms with Crippen molar-refractivity contribution in [2.75, 3.05) is 31.1 Å². The second kappa shape index (κ2) is 7.00. The van der Waals surface area contributed by atoms with E-state index in [9.17, 15) is 0 Å². The predicted octanol–water partition coefficient (Wildman–Crippen LogP) is 3.08. The summed E-state index contributed by atoms with van der Waals surface area (Å²) in [6, 6.07) is 19.0. The zero-order chi connectivity index (χ0) is 18.1. The zero-order valence-corrected chi connectivity index (χ0v) is 15.3. The quantitative estimate of drug-likeness (QED) is 0.610. The Morgan fingerprint density at radius 3 is 2.52 bits per heavy atom. The van der Waals surface area contributed by atoms with Crippen molar-refractivity contribution in [2.45, 2.75) is 12.8 Å². The Hall–Kier alpha value is -2.92. The van der Waals surface area contributed by atoms with Gasteiger partial charge in [-0.2, -0.15) is 0 Å². The molecule has 0 saturated carbocycles. The molecule has 1 N–H and O–H groups in total. The highest BCUT2D eigenvalue weighted by atomic mass is 15.3. The van der Waals surface area contributed by atoms with Gasteiger partial charge in [0.1, 0.15) is 0 Å². The number of aryl methyl sites for hydroxylation is 2. The molecule has 0 bridgehead atoms. The summed E-state index contributed by atoms with van der Waals surface area (Å²) in [5.41, 5.74) is 5.72. The summed E-state index contributed by atoms with van der Waals surface area (Å²) in [4.78, 5) is 12.1. The summed E-state index contributed by atoms with van der Waals surface area (Å²) in [7, 11) is 0. The average molecular weight is 357 g/mol. The third-order valence-electron chi connectivity index (χ3n) is 5.31. The molecular weight excluding hydrogens is 334 g/mol. The number of piperazine rings is 1. The first-order chi connectivity index (χ1) is 13.4. The minimum atomic E-state index is 0.959. The van der Waals surface area contributed by atoms with Crippen LogP contribution in [0.15, 0.2) is 60.8 Å². The maximum atomic E-state index is 4.97. The number of benzene rings is 2. The van der Waals surface area contributed by atoms with E-state index in [0.29, 0.717) is 0 Å². The summed E-state index contributed by atoms with van der Waals surface area (Å²) in [6.07, 6.45) is 3.99. The van der Waals surface area contributed by atoms with E-state index in [-0.39, 0.29) is 0 Å². The van der Waals surface area contributed by atoms with Crippen LogP contribution in [0.3, 0.4) is 0 Å². The van der Waals surface area contributed by atoms with E-state index in [4.69, 9.17) is 9.97 Å². The number of nitrogens with zero attached hydrogens (tertiary/aromatic N) is 4. The molecule has 5 rings (SSSR count). The Morgan fingerprint density at radius 1 is 0.889 bits per heavy atom. The van der Waals surface area contributed by atoms with E-state index in [2.05, 4.69) is 69.2 Å². The van der Waals surface area contributed by atoms with Gasteiger partial charge in [-0.1, -0.05) is 42.5 Å². The lowest BCUT2D eigenvalue weighted by Gasteiger charge is -2.28. The van der Waals surface area contributed by atoms with Gasteiger partial charge in [0.2, 0.25) is 0 Å². The summed E-state index contributed by atoms with van der Waals surface area (Å²) < 4.78 is 2.31. The van der Waals surface area contributed by atoms with E-state index in [0.717, 1.165) is 61.5 Å². The smallest absolute Gasteiger partial charge is 0.181 e. The van der Waals surface area contributed by atoms with E-state index < -0.39 is 0 Å². The van der Waals surface area contributed by atoms with Crippen molar-refractivity contribution in [1.82, 2.24) is 19.7 Å². The summed E-state index contributed by atoms with van der Waals surface area (Å²) in [5, 5.41) is 3.42. The van der Waals surface area contributed by atoms with Crippen LogP contribution in [0.4, 0.5) is 5.82 Å². The maximum Gasteiger partial charge on any atom is 0.181 e. The second-order valence-electron chi connectivity index (χ2n) is 7.06. The van der Waals surface area contributed by atoms with Crippen LogP contribution >= 0.6 is 0 Å². The molecular formula is C22H23N5. The van der Waals surface area contributed by atoms with Gasteiger partial charge in [0.25, 0.3) is 0 Å². The number of hydrogen-bond acceptors (Lipinski definition) is 4. The molecule has 1 saturated heterocycles. The van der Waals surface area contributed by atoms with Crippen LogP contribution in [0.1, 0.15) is 11.3 Å². The fraction of sp³-hybridized carbons (Fsp3) is 0.273. The van der Waals surface area contributed by atoms with Crippen molar-refractivity contribution >= 4 is 22.5 Å². The number of hydrogen-bond donors (Lipinski definition) is 1. The highest BCUT2D eigenvalue weighted by molar-refractivity contribution is 5.83. The SMILES string of the molecule is c1ccc(CCc2cnc3c(N4CCNCC4)nc4ccccc4n23)cc1. The first-order valence-corrected chi connectivity index (χ1v) is 9.65. The molecule has 0 unspecified atom stereocenters. The molecule has 3 heterocycles. The lowest BCUT2D eigenvalue weighted by atomic mass is 10.1. The van der Waals surface area contributed by atoms with E-state index in [1.54, 1.807) is 0 Å². The number of imidazole rings is 1. The van der Waals surface area contributed by atoms with Crippen molar-refractivity contribution in [3.63, 3.8) is 0 Å². The van der Waals surface area contributed by atoms with Crippen LogP contribution in [0.5, 0.6) is 0 Å². The molecule has 2 aromatic heterocycles. The zero-order valence-electron chi connectivity index (χ0n) is 15.3. The molecule has 0 amide bonds. The van der Waals surface area contributed by atoms with Crippen LogP contribution in [0, 0.1) is 0 Å². The average Bonchev–Trinajstić information content (AvgIpc) is 3.17. The lowest BCUT2D eigenvalue weighted by Crippen LogP contribution is -2.44. The van der Waals surface area contributed by atoms with Crippen LogP contribution < -0.4 is 10.2 Å². The Labute approximate surface area is 158 Å². The topological polar surface area (TPSA) is 45.5 Å². The van der Waals surface area contributed by atoms with Crippen LogP contribution in [-0.4, -0.2) is 40.5 Å². The van der Waals surface area contributed by atoms with Crippen molar-refractivity contribution in [1.29, 1.82) is 0 Å². The molecule has 0 aliphatic carbocycles. The molecule has 1 fully saturated rings. The van der Waals surface area contributed by atoms with Gasteiger partial charge in [-0.25, -0.2) is 9.97 Å². The normalized spacial score (nSPS) is 14.9.